The standard InChI is InChI=1S/C32H41N3O7S/c1-6-7-18-33-32(37)28(20-24-12-9-8-10-13-24)34(22-25-14-11-15-27(19-25)40-2)31(36)23-35(43(5,38)39)26-16-17-29(41-3)30(21-26)42-4/h8-17,19,21,28H,6-7,18,20,22-23H2,1-5H3,(H,33,37)/t28-/m0/s1. The van der Waals surface area contributed by atoms with Crippen molar-refractivity contribution in [3.05, 3.63) is 83.9 Å². The van der Waals surface area contributed by atoms with Crippen molar-refractivity contribution in [2.75, 3.05) is 45.0 Å². The molecule has 0 unspecified atom stereocenters. The van der Waals surface area contributed by atoms with Crippen LogP contribution in [-0.2, 0) is 32.6 Å². The number of hydrogen-bond acceptors (Lipinski definition) is 7. The minimum atomic E-state index is -3.93. The van der Waals surface area contributed by atoms with Crippen LogP contribution in [0.4, 0.5) is 5.69 Å². The fourth-order valence-corrected chi connectivity index (χ4v) is 5.46. The van der Waals surface area contributed by atoms with Crippen LogP contribution in [0.15, 0.2) is 72.8 Å². The number of sulfonamides is 1. The third-order valence-electron chi connectivity index (χ3n) is 6.92. The van der Waals surface area contributed by atoms with Crippen molar-refractivity contribution in [2.24, 2.45) is 0 Å². The molecule has 0 aliphatic carbocycles. The number of hydrogen-bond donors (Lipinski definition) is 1. The maximum atomic E-state index is 14.2. The molecule has 0 bridgehead atoms. The highest BCUT2D eigenvalue weighted by molar-refractivity contribution is 7.92. The Bertz CT molecular complexity index is 1460. The molecule has 0 aromatic heterocycles. The zero-order valence-corrected chi connectivity index (χ0v) is 26.2. The molecular weight excluding hydrogens is 570 g/mol. The molecule has 1 N–H and O–H groups in total. The molecule has 3 aromatic rings. The summed E-state index contributed by atoms with van der Waals surface area (Å²) in [7, 11) is 0.542. The second-order valence-electron chi connectivity index (χ2n) is 10.0. The van der Waals surface area contributed by atoms with E-state index in [9.17, 15) is 18.0 Å². The van der Waals surface area contributed by atoms with E-state index in [1.54, 1.807) is 37.4 Å². The van der Waals surface area contributed by atoms with E-state index in [4.69, 9.17) is 14.2 Å². The molecule has 0 saturated heterocycles. The minimum Gasteiger partial charge on any atom is -0.497 e. The summed E-state index contributed by atoms with van der Waals surface area (Å²) in [6.07, 6.45) is 2.95. The first kappa shape index (κ1) is 33.3. The SMILES string of the molecule is CCCCNC(=O)[C@H](Cc1ccccc1)N(Cc1cccc(OC)c1)C(=O)CN(c1ccc(OC)c(OC)c1)S(C)(=O)=O. The summed E-state index contributed by atoms with van der Waals surface area (Å²) in [5.74, 6) is 0.462. The lowest BCUT2D eigenvalue weighted by Gasteiger charge is -2.33. The molecular formula is C32H41N3O7S. The van der Waals surface area contributed by atoms with Crippen molar-refractivity contribution >= 4 is 27.5 Å². The summed E-state index contributed by atoms with van der Waals surface area (Å²) in [5.41, 5.74) is 1.81. The molecule has 0 fully saturated rings. The van der Waals surface area contributed by atoms with Crippen LogP contribution in [0.2, 0.25) is 0 Å². The van der Waals surface area contributed by atoms with Gasteiger partial charge in [0, 0.05) is 25.6 Å². The second-order valence-corrected chi connectivity index (χ2v) is 11.9. The number of carbonyl (C=O) groups is 2. The number of carbonyl (C=O) groups excluding carboxylic acids is 2. The lowest BCUT2D eigenvalue weighted by atomic mass is 10.0. The molecule has 1 atom stereocenters. The van der Waals surface area contributed by atoms with E-state index in [1.807, 2.05) is 43.3 Å². The fraction of sp³-hybridized carbons (Fsp3) is 0.375. The maximum Gasteiger partial charge on any atom is 0.244 e. The number of rotatable bonds is 16. The lowest BCUT2D eigenvalue weighted by molar-refractivity contribution is -0.140. The number of methoxy groups -OCH3 is 3. The number of nitrogens with one attached hydrogen (secondary N) is 1. The predicted octanol–water partition coefficient (Wildman–Crippen LogP) is 4.03. The van der Waals surface area contributed by atoms with Gasteiger partial charge < -0.3 is 24.4 Å². The van der Waals surface area contributed by atoms with E-state index >= 15 is 0 Å². The summed E-state index contributed by atoms with van der Waals surface area (Å²) in [5, 5.41) is 2.97. The molecule has 11 heteroatoms. The van der Waals surface area contributed by atoms with E-state index in [1.165, 1.54) is 25.2 Å². The monoisotopic (exact) mass is 611 g/mol. The average Bonchev–Trinajstić information content (AvgIpc) is 3.01. The number of anilines is 1. The van der Waals surface area contributed by atoms with Crippen LogP contribution in [0.3, 0.4) is 0 Å². The summed E-state index contributed by atoms with van der Waals surface area (Å²) >= 11 is 0. The third kappa shape index (κ3) is 9.37. The molecule has 0 radical (unpaired) electrons. The van der Waals surface area contributed by atoms with Crippen LogP contribution >= 0.6 is 0 Å². The normalized spacial score (nSPS) is 11.7. The van der Waals surface area contributed by atoms with Gasteiger partial charge in [0.15, 0.2) is 11.5 Å². The first-order valence-corrected chi connectivity index (χ1v) is 15.9. The first-order chi connectivity index (χ1) is 20.6. The molecule has 10 nitrogen and oxygen atoms in total. The number of amides is 2. The molecule has 3 rings (SSSR count). The van der Waals surface area contributed by atoms with Gasteiger partial charge in [0.1, 0.15) is 18.3 Å². The quantitative estimate of drug-likeness (QED) is 0.243. The summed E-state index contributed by atoms with van der Waals surface area (Å²) in [4.78, 5) is 29.4. The number of nitrogens with zero attached hydrogens (tertiary/aromatic N) is 2. The molecule has 0 heterocycles. The van der Waals surface area contributed by atoms with Crippen molar-refractivity contribution in [1.29, 1.82) is 0 Å². The van der Waals surface area contributed by atoms with Gasteiger partial charge in [-0.1, -0.05) is 55.8 Å². The van der Waals surface area contributed by atoms with Crippen molar-refractivity contribution in [1.82, 2.24) is 10.2 Å². The zero-order chi connectivity index (χ0) is 31.4. The van der Waals surface area contributed by atoms with Gasteiger partial charge in [-0.3, -0.25) is 13.9 Å². The third-order valence-corrected chi connectivity index (χ3v) is 8.06. The Kier molecular flexibility index (Phi) is 12.2. The van der Waals surface area contributed by atoms with Crippen LogP contribution in [-0.4, -0.2) is 71.8 Å². The van der Waals surface area contributed by atoms with Gasteiger partial charge in [0.25, 0.3) is 0 Å². The van der Waals surface area contributed by atoms with E-state index in [0.717, 1.165) is 34.5 Å². The molecule has 3 aromatic carbocycles. The van der Waals surface area contributed by atoms with Gasteiger partial charge in [-0.25, -0.2) is 8.42 Å². The van der Waals surface area contributed by atoms with Gasteiger partial charge >= 0.3 is 0 Å². The van der Waals surface area contributed by atoms with Gasteiger partial charge in [0.2, 0.25) is 21.8 Å². The molecule has 0 aliphatic heterocycles. The van der Waals surface area contributed by atoms with Crippen molar-refractivity contribution in [3.63, 3.8) is 0 Å². The highest BCUT2D eigenvalue weighted by atomic mass is 32.2. The van der Waals surface area contributed by atoms with E-state index < -0.39 is 28.5 Å². The van der Waals surface area contributed by atoms with Gasteiger partial charge in [0.05, 0.1) is 33.3 Å². The van der Waals surface area contributed by atoms with Crippen LogP contribution in [0.25, 0.3) is 0 Å². The number of unbranched alkanes of at least 4 members (excludes halogenated alkanes) is 1. The minimum absolute atomic E-state index is 0.0538. The average molecular weight is 612 g/mol. The van der Waals surface area contributed by atoms with Gasteiger partial charge in [-0.15, -0.1) is 0 Å². The second kappa shape index (κ2) is 15.8. The number of ether oxygens (including phenoxy) is 3. The fourth-order valence-electron chi connectivity index (χ4n) is 4.62. The Labute approximate surface area is 254 Å². The summed E-state index contributed by atoms with van der Waals surface area (Å²) in [6.45, 7) is 2.01. The first-order valence-electron chi connectivity index (χ1n) is 14.0. The Balaban J connectivity index is 2.07. The van der Waals surface area contributed by atoms with Gasteiger partial charge in [-0.05, 0) is 41.8 Å². The van der Waals surface area contributed by atoms with Crippen LogP contribution in [0.1, 0.15) is 30.9 Å². The largest absolute Gasteiger partial charge is 0.497 e. The molecule has 0 spiro atoms. The highest BCUT2D eigenvalue weighted by Crippen LogP contribution is 2.32. The molecule has 43 heavy (non-hydrogen) atoms. The molecule has 2 amide bonds. The van der Waals surface area contributed by atoms with Crippen LogP contribution in [0.5, 0.6) is 17.2 Å². The lowest BCUT2D eigenvalue weighted by Crippen LogP contribution is -2.53. The summed E-state index contributed by atoms with van der Waals surface area (Å²) < 4.78 is 43.1. The maximum absolute atomic E-state index is 14.2. The molecule has 0 aliphatic rings. The highest BCUT2D eigenvalue weighted by Gasteiger charge is 2.33. The van der Waals surface area contributed by atoms with E-state index in [0.29, 0.717) is 23.8 Å². The Morgan fingerprint density at radius 2 is 1.56 bits per heavy atom. The predicted molar refractivity (Wildman–Crippen MR) is 167 cm³/mol. The van der Waals surface area contributed by atoms with E-state index in [2.05, 4.69) is 5.32 Å². The summed E-state index contributed by atoms with van der Waals surface area (Å²) in [6, 6.07) is 20.3. The van der Waals surface area contributed by atoms with Crippen molar-refractivity contribution in [2.45, 2.75) is 38.8 Å². The van der Waals surface area contributed by atoms with Crippen molar-refractivity contribution in [3.8, 4) is 17.2 Å². The Hall–Kier alpha value is -4.25. The molecule has 0 saturated carbocycles. The Morgan fingerprint density at radius 1 is 0.860 bits per heavy atom. The topological polar surface area (TPSA) is 114 Å². The molecule has 232 valence electrons. The smallest absolute Gasteiger partial charge is 0.244 e. The van der Waals surface area contributed by atoms with E-state index in [-0.39, 0.29) is 24.6 Å². The van der Waals surface area contributed by atoms with Gasteiger partial charge in [-0.2, -0.15) is 0 Å². The Morgan fingerprint density at radius 3 is 2.19 bits per heavy atom. The zero-order valence-electron chi connectivity index (χ0n) is 25.4. The van der Waals surface area contributed by atoms with Crippen molar-refractivity contribution < 1.29 is 32.2 Å². The number of benzene rings is 3. The van der Waals surface area contributed by atoms with Crippen LogP contribution in [0, 0.1) is 0 Å². The van der Waals surface area contributed by atoms with Crippen LogP contribution < -0.4 is 23.8 Å².